The molecular formula is C18H18ClN3O2. The summed E-state index contributed by atoms with van der Waals surface area (Å²) in [4.78, 5) is 28.0. The van der Waals surface area contributed by atoms with Crippen LogP contribution in [-0.2, 0) is 9.59 Å². The van der Waals surface area contributed by atoms with Crippen molar-refractivity contribution in [3.8, 4) is 0 Å². The van der Waals surface area contributed by atoms with Gasteiger partial charge in [0.05, 0.1) is 12.1 Å². The number of benzene rings is 2. The Morgan fingerprint density at radius 1 is 1.12 bits per heavy atom. The summed E-state index contributed by atoms with van der Waals surface area (Å²) in [5.41, 5.74) is 2.37. The van der Waals surface area contributed by atoms with Crippen molar-refractivity contribution in [2.75, 3.05) is 29.2 Å². The van der Waals surface area contributed by atoms with Crippen LogP contribution in [-0.4, -0.2) is 32.0 Å². The van der Waals surface area contributed by atoms with Gasteiger partial charge in [-0.25, -0.2) is 4.90 Å². The molecule has 0 saturated carbocycles. The molecule has 1 saturated heterocycles. The molecular weight excluding hydrogens is 326 g/mol. The van der Waals surface area contributed by atoms with Gasteiger partial charge < -0.3 is 10.2 Å². The van der Waals surface area contributed by atoms with Crippen LogP contribution < -0.4 is 15.1 Å². The molecule has 2 aromatic carbocycles. The van der Waals surface area contributed by atoms with Gasteiger partial charge in [-0.1, -0.05) is 17.7 Å². The zero-order valence-corrected chi connectivity index (χ0v) is 14.2. The van der Waals surface area contributed by atoms with Gasteiger partial charge in [0.2, 0.25) is 5.91 Å². The number of carbonyl (C=O) groups excluding carboxylic acids is 2. The zero-order valence-electron chi connectivity index (χ0n) is 13.5. The first-order chi connectivity index (χ1) is 11.5. The van der Waals surface area contributed by atoms with Crippen molar-refractivity contribution in [1.29, 1.82) is 0 Å². The van der Waals surface area contributed by atoms with Crippen LogP contribution in [0.25, 0.3) is 0 Å². The molecule has 1 heterocycles. The summed E-state index contributed by atoms with van der Waals surface area (Å²) in [5.74, 6) is -0.497. The normalized spacial score (nSPS) is 17.3. The largest absolute Gasteiger partial charge is 0.378 e. The molecule has 1 aliphatic rings. The van der Waals surface area contributed by atoms with Gasteiger partial charge in [-0.05, 0) is 42.5 Å². The number of imide groups is 1. The van der Waals surface area contributed by atoms with E-state index in [1.54, 1.807) is 24.3 Å². The predicted molar refractivity (Wildman–Crippen MR) is 96.7 cm³/mol. The van der Waals surface area contributed by atoms with Crippen LogP contribution in [0, 0.1) is 0 Å². The molecule has 1 atom stereocenters. The van der Waals surface area contributed by atoms with Gasteiger partial charge in [0.15, 0.2) is 0 Å². The van der Waals surface area contributed by atoms with Crippen LogP contribution in [0.3, 0.4) is 0 Å². The summed E-state index contributed by atoms with van der Waals surface area (Å²) in [6.45, 7) is 0. The quantitative estimate of drug-likeness (QED) is 0.866. The van der Waals surface area contributed by atoms with Crippen molar-refractivity contribution in [1.82, 2.24) is 0 Å². The minimum absolute atomic E-state index is 0.126. The van der Waals surface area contributed by atoms with E-state index >= 15 is 0 Å². The monoisotopic (exact) mass is 343 g/mol. The molecule has 3 rings (SSSR count). The maximum atomic E-state index is 12.6. The summed E-state index contributed by atoms with van der Waals surface area (Å²) >= 11 is 5.96. The molecule has 0 spiro atoms. The summed E-state index contributed by atoms with van der Waals surface area (Å²) in [5, 5.41) is 3.63. The van der Waals surface area contributed by atoms with Crippen molar-refractivity contribution < 1.29 is 9.59 Å². The average molecular weight is 344 g/mol. The van der Waals surface area contributed by atoms with Gasteiger partial charge in [-0.15, -0.1) is 0 Å². The number of hydrogen-bond acceptors (Lipinski definition) is 4. The number of amides is 2. The number of anilines is 3. The van der Waals surface area contributed by atoms with Gasteiger partial charge in [-0.3, -0.25) is 9.59 Å². The topological polar surface area (TPSA) is 52.7 Å². The molecule has 1 N–H and O–H groups in total. The number of nitrogens with zero attached hydrogens (tertiary/aromatic N) is 2. The van der Waals surface area contributed by atoms with Gasteiger partial charge in [0.1, 0.15) is 6.04 Å². The standard InChI is InChI=1S/C18H18ClN3O2/c1-21(2)14-8-6-13(7-9-14)20-16-11-17(23)22(18(16)24)15-5-3-4-12(19)10-15/h3-10,16,20H,11H2,1-2H3. The SMILES string of the molecule is CN(C)c1ccc(NC2CC(=O)N(c3cccc(Cl)c3)C2=O)cc1. The zero-order chi connectivity index (χ0) is 17.3. The van der Waals surface area contributed by atoms with Crippen molar-refractivity contribution in [3.05, 3.63) is 53.6 Å². The highest BCUT2D eigenvalue weighted by atomic mass is 35.5. The fourth-order valence-electron chi connectivity index (χ4n) is 2.69. The van der Waals surface area contributed by atoms with E-state index in [2.05, 4.69) is 5.32 Å². The van der Waals surface area contributed by atoms with E-state index in [-0.39, 0.29) is 18.2 Å². The van der Waals surface area contributed by atoms with Crippen LogP contribution in [0.1, 0.15) is 6.42 Å². The first kappa shape index (κ1) is 16.3. The Kier molecular flexibility index (Phi) is 4.44. The highest BCUT2D eigenvalue weighted by Crippen LogP contribution is 2.27. The van der Waals surface area contributed by atoms with Crippen molar-refractivity contribution in [2.24, 2.45) is 0 Å². The minimum atomic E-state index is -0.568. The molecule has 1 unspecified atom stereocenters. The molecule has 1 aliphatic heterocycles. The Labute approximate surface area is 145 Å². The molecule has 0 aliphatic carbocycles. The lowest BCUT2D eigenvalue weighted by atomic mass is 10.2. The third-order valence-corrected chi connectivity index (χ3v) is 4.17. The smallest absolute Gasteiger partial charge is 0.256 e. The Bertz CT molecular complexity index is 774. The van der Waals surface area contributed by atoms with E-state index in [1.807, 2.05) is 43.3 Å². The number of rotatable bonds is 4. The first-order valence-corrected chi connectivity index (χ1v) is 8.00. The summed E-state index contributed by atoms with van der Waals surface area (Å²) < 4.78 is 0. The van der Waals surface area contributed by atoms with E-state index in [9.17, 15) is 9.59 Å². The van der Waals surface area contributed by atoms with E-state index in [0.717, 1.165) is 11.4 Å². The number of nitrogens with one attached hydrogen (secondary N) is 1. The highest BCUT2D eigenvalue weighted by Gasteiger charge is 2.39. The molecule has 24 heavy (non-hydrogen) atoms. The maximum absolute atomic E-state index is 12.6. The van der Waals surface area contributed by atoms with Crippen molar-refractivity contribution >= 4 is 40.5 Å². The molecule has 0 bridgehead atoms. The molecule has 2 amide bonds. The summed E-state index contributed by atoms with van der Waals surface area (Å²) in [7, 11) is 3.93. The Morgan fingerprint density at radius 3 is 2.46 bits per heavy atom. The van der Waals surface area contributed by atoms with E-state index in [4.69, 9.17) is 11.6 Å². The third kappa shape index (κ3) is 3.21. The lowest BCUT2D eigenvalue weighted by Gasteiger charge is -2.17. The first-order valence-electron chi connectivity index (χ1n) is 7.62. The predicted octanol–water partition coefficient (Wildman–Crippen LogP) is 3.15. The average Bonchev–Trinajstić information content (AvgIpc) is 2.82. The molecule has 6 heteroatoms. The lowest BCUT2D eigenvalue weighted by Crippen LogP contribution is -2.34. The summed E-state index contributed by atoms with van der Waals surface area (Å²) in [6.07, 6.45) is 0.126. The second kappa shape index (κ2) is 6.53. The van der Waals surface area contributed by atoms with Gasteiger partial charge in [0, 0.05) is 30.5 Å². The molecule has 5 nitrogen and oxygen atoms in total. The van der Waals surface area contributed by atoms with E-state index in [0.29, 0.717) is 10.7 Å². The Balaban J connectivity index is 1.76. The number of hydrogen-bond donors (Lipinski definition) is 1. The molecule has 124 valence electrons. The lowest BCUT2D eigenvalue weighted by molar-refractivity contribution is -0.121. The second-order valence-corrected chi connectivity index (χ2v) is 6.33. The van der Waals surface area contributed by atoms with Crippen molar-refractivity contribution in [2.45, 2.75) is 12.5 Å². The maximum Gasteiger partial charge on any atom is 0.256 e. The fraction of sp³-hybridized carbons (Fsp3) is 0.222. The van der Waals surface area contributed by atoms with Gasteiger partial charge >= 0.3 is 0 Å². The summed E-state index contributed by atoms with van der Waals surface area (Å²) in [6, 6.07) is 13.9. The van der Waals surface area contributed by atoms with Crippen LogP contribution in [0.2, 0.25) is 5.02 Å². The van der Waals surface area contributed by atoms with Crippen LogP contribution in [0.5, 0.6) is 0 Å². The Morgan fingerprint density at radius 2 is 1.83 bits per heavy atom. The highest BCUT2D eigenvalue weighted by molar-refractivity contribution is 6.31. The van der Waals surface area contributed by atoms with Crippen LogP contribution in [0.4, 0.5) is 17.1 Å². The fourth-order valence-corrected chi connectivity index (χ4v) is 2.87. The minimum Gasteiger partial charge on any atom is -0.378 e. The van der Waals surface area contributed by atoms with Crippen molar-refractivity contribution in [3.63, 3.8) is 0 Å². The number of halogens is 1. The van der Waals surface area contributed by atoms with E-state index < -0.39 is 6.04 Å². The molecule has 1 fully saturated rings. The van der Waals surface area contributed by atoms with Gasteiger partial charge in [0.25, 0.3) is 5.91 Å². The second-order valence-electron chi connectivity index (χ2n) is 5.89. The molecule has 2 aromatic rings. The molecule has 0 radical (unpaired) electrons. The Hall–Kier alpha value is -2.53. The third-order valence-electron chi connectivity index (χ3n) is 3.94. The number of carbonyl (C=O) groups is 2. The van der Waals surface area contributed by atoms with Crippen LogP contribution >= 0.6 is 11.6 Å². The van der Waals surface area contributed by atoms with E-state index in [1.165, 1.54) is 4.90 Å². The van der Waals surface area contributed by atoms with Crippen LogP contribution in [0.15, 0.2) is 48.5 Å². The van der Waals surface area contributed by atoms with Gasteiger partial charge in [-0.2, -0.15) is 0 Å². The molecule has 0 aromatic heterocycles.